The van der Waals surface area contributed by atoms with Gasteiger partial charge >= 0.3 is 0 Å². The molecule has 0 saturated heterocycles. The van der Waals surface area contributed by atoms with Crippen molar-refractivity contribution in [3.63, 3.8) is 0 Å². The smallest absolute Gasteiger partial charge is 0.247 e. The number of carbonyl (C=O) groups is 1. The Morgan fingerprint density at radius 3 is 2.64 bits per heavy atom. The first-order chi connectivity index (χ1) is 13.6. The van der Waals surface area contributed by atoms with Crippen molar-refractivity contribution >= 4 is 5.78 Å². The van der Waals surface area contributed by atoms with Crippen LogP contribution in [0.15, 0.2) is 64.0 Å². The first kappa shape index (κ1) is 17.8. The third kappa shape index (κ3) is 3.59. The van der Waals surface area contributed by atoms with E-state index < -0.39 is 0 Å². The molecule has 0 spiro atoms. The maximum atomic E-state index is 12.7. The van der Waals surface area contributed by atoms with Crippen LogP contribution in [-0.2, 0) is 6.54 Å². The Kier molecular flexibility index (Phi) is 4.80. The molecule has 0 aliphatic carbocycles. The van der Waals surface area contributed by atoms with Crippen LogP contribution in [-0.4, -0.2) is 27.2 Å². The molecule has 0 saturated carbocycles. The lowest BCUT2D eigenvalue weighted by atomic mass is 10.1. The van der Waals surface area contributed by atoms with Gasteiger partial charge in [0.1, 0.15) is 11.5 Å². The summed E-state index contributed by atoms with van der Waals surface area (Å²) in [5, 5.41) is 7.51. The molecule has 0 radical (unpaired) electrons. The quantitative estimate of drug-likeness (QED) is 0.452. The molecule has 0 amide bonds. The zero-order chi connectivity index (χ0) is 19.5. The highest BCUT2D eigenvalue weighted by molar-refractivity contribution is 5.98. The summed E-state index contributed by atoms with van der Waals surface area (Å²) >= 11 is 0. The second kappa shape index (κ2) is 7.56. The molecule has 0 bridgehead atoms. The van der Waals surface area contributed by atoms with Gasteiger partial charge in [0.15, 0.2) is 6.61 Å². The van der Waals surface area contributed by atoms with E-state index in [1.807, 2.05) is 44.2 Å². The minimum absolute atomic E-state index is 0.0368. The molecule has 3 aromatic heterocycles. The lowest BCUT2D eigenvalue weighted by molar-refractivity contribution is 0.0920. The van der Waals surface area contributed by atoms with Crippen LogP contribution in [0.3, 0.4) is 0 Å². The van der Waals surface area contributed by atoms with Crippen molar-refractivity contribution in [2.24, 2.45) is 0 Å². The Balaban J connectivity index is 1.42. The standard InChI is InChI=1S/C21H19N3O4/c1-14-10-19(15(2)24(14)11-18-4-3-9-26-18)20(25)12-27-17-7-5-16(6-8-17)21-23-22-13-28-21/h3-10,13H,11-12H2,1-2H3. The van der Waals surface area contributed by atoms with Gasteiger partial charge in [0, 0.05) is 22.5 Å². The van der Waals surface area contributed by atoms with Gasteiger partial charge in [-0.3, -0.25) is 4.79 Å². The number of aryl methyl sites for hydroxylation is 1. The minimum Gasteiger partial charge on any atom is -0.485 e. The average Bonchev–Trinajstić information content (AvgIpc) is 3.46. The highest BCUT2D eigenvalue weighted by Crippen LogP contribution is 2.21. The molecule has 0 N–H and O–H groups in total. The van der Waals surface area contributed by atoms with Crippen molar-refractivity contribution in [1.29, 1.82) is 0 Å². The normalized spacial score (nSPS) is 10.9. The Hall–Kier alpha value is -3.61. The molecule has 0 fully saturated rings. The Morgan fingerprint density at radius 1 is 1.14 bits per heavy atom. The van der Waals surface area contributed by atoms with Crippen LogP contribution in [0.2, 0.25) is 0 Å². The summed E-state index contributed by atoms with van der Waals surface area (Å²) in [5.74, 6) is 1.81. The number of ketones is 1. The molecule has 4 rings (SSSR count). The number of furan rings is 1. The van der Waals surface area contributed by atoms with Crippen molar-refractivity contribution in [3.8, 4) is 17.2 Å². The van der Waals surface area contributed by atoms with Crippen molar-refractivity contribution in [2.45, 2.75) is 20.4 Å². The van der Waals surface area contributed by atoms with Gasteiger partial charge in [0.05, 0.1) is 12.8 Å². The predicted octanol–water partition coefficient (Wildman–Crippen LogP) is 4.06. The third-order valence-corrected chi connectivity index (χ3v) is 4.60. The van der Waals surface area contributed by atoms with Crippen LogP contribution >= 0.6 is 0 Å². The fraction of sp³-hybridized carbons (Fsp3) is 0.190. The van der Waals surface area contributed by atoms with E-state index >= 15 is 0 Å². The zero-order valence-corrected chi connectivity index (χ0v) is 15.6. The number of Topliss-reactive ketones (excluding diaryl/α,β-unsaturated/α-hetero) is 1. The number of hydrogen-bond acceptors (Lipinski definition) is 6. The van der Waals surface area contributed by atoms with E-state index in [2.05, 4.69) is 14.8 Å². The molecule has 0 atom stereocenters. The minimum atomic E-state index is -0.0697. The van der Waals surface area contributed by atoms with Gasteiger partial charge in [-0.15, -0.1) is 10.2 Å². The summed E-state index contributed by atoms with van der Waals surface area (Å²) in [6.07, 6.45) is 2.92. The number of hydrogen-bond donors (Lipinski definition) is 0. The van der Waals surface area contributed by atoms with Gasteiger partial charge in [-0.2, -0.15) is 0 Å². The fourth-order valence-corrected chi connectivity index (χ4v) is 3.10. The van der Waals surface area contributed by atoms with Crippen molar-refractivity contribution in [1.82, 2.24) is 14.8 Å². The van der Waals surface area contributed by atoms with Crippen LogP contribution in [0, 0.1) is 13.8 Å². The van der Waals surface area contributed by atoms with Gasteiger partial charge in [0.2, 0.25) is 18.1 Å². The number of aromatic nitrogens is 3. The fourth-order valence-electron chi connectivity index (χ4n) is 3.10. The van der Waals surface area contributed by atoms with E-state index in [1.54, 1.807) is 18.4 Å². The lowest BCUT2D eigenvalue weighted by Gasteiger charge is -2.08. The van der Waals surface area contributed by atoms with Crippen molar-refractivity contribution < 1.29 is 18.4 Å². The lowest BCUT2D eigenvalue weighted by Crippen LogP contribution is -2.13. The topological polar surface area (TPSA) is 83.3 Å². The summed E-state index contributed by atoms with van der Waals surface area (Å²) in [6.45, 7) is 4.47. The molecule has 142 valence electrons. The monoisotopic (exact) mass is 377 g/mol. The first-order valence-electron chi connectivity index (χ1n) is 8.83. The maximum Gasteiger partial charge on any atom is 0.247 e. The average molecular weight is 377 g/mol. The summed E-state index contributed by atoms with van der Waals surface area (Å²) in [5.41, 5.74) is 3.35. The van der Waals surface area contributed by atoms with Crippen molar-refractivity contribution in [2.75, 3.05) is 6.61 Å². The molecular formula is C21H19N3O4. The van der Waals surface area contributed by atoms with Gasteiger partial charge in [0.25, 0.3) is 0 Å². The highest BCUT2D eigenvalue weighted by Gasteiger charge is 2.17. The number of benzene rings is 1. The van der Waals surface area contributed by atoms with E-state index in [-0.39, 0.29) is 12.4 Å². The summed E-state index contributed by atoms with van der Waals surface area (Å²) in [7, 11) is 0. The van der Waals surface area contributed by atoms with Crippen molar-refractivity contribution in [3.05, 3.63) is 77.8 Å². The molecule has 0 unspecified atom stereocenters. The second-order valence-electron chi connectivity index (χ2n) is 6.43. The number of rotatable bonds is 7. The molecule has 7 nitrogen and oxygen atoms in total. The second-order valence-corrected chi connectivity index (χ2v) is 6.43. The zero-order valence-electron chi connectivity index (χ0n) is 15.6. The van der Waals surface area contributed by atoms with E-state index in [0.29, 0.717) is 23.7 Å². The number of carbonyl (C=O) groups excluding carboxylic acids is 1. The summed E-state index contributed by atoms with van der Waals surface area (Å²) in [4.78, 5) is 12.7. The van der Waals surface area contributed by atoms with Gasteiger partial charge < -0.3 is 18.1 Å². The molecule has 3 heterocycles. The van der Waals surface area contributed by atoms with Crippen LogP contribution in [0.25, 0.3) is 11.5 Å². The summed E-state index contributed by atoms with van der Waals surface area (Å²) < 4.78 is 18.3. The molecule has 28 heavy (non-hydrogen) atoms. The molecule has 4 aromatic rings. The van der Waals surface area contributed by atoms with E-state index in [4.69, 9.17) is 13.6 Å². The first-order valence-corrected chi connectivity index (χ1v) is 8.83. The van der Waals surface area contributed by atoms with E-state index in [0.717, 1.165) is 22.7 Å². The van der Waals surface area contributed by atoms with Crippen LogP contribution in [0.4, 0.5) is 0 Å². The highest BCUT2D eigenvalue weighted by atomic mass is 16.5. The van der Waals surface area contributed by atoms with E-state index in [1.165, 1.54) is 6.39 Å². The number of nitrogens with zero attached hydrogens (tertiary/aromatic N) is 3. The molecule has 0 aliphatic rings. The Morgan fingerprint density at radius 2 is 1.96 bits per heavy atom. The third-order valence-electron chi connectivity index (χ3n) is 4.60. The molecule has 1 aromatic carbocycles. The van der Waals surface area contributed by atoms with Crippen LogP contribution in [0.5, 0.6) is 5.75 Å². The Labute approximate surface area is 161 Å². The van der Waals surface area contributed by atoms with Crippen LogP contribution in [0.1, 0.15) is 27.5 Å². The SMILES string of the molecule is Cc1cc(C(=O)COc2ccc(-c3nnco3)cc2)c(C)n1Cc1ccco1. The molecular weight excluding hydrogens is 358 g/mol. The predicted molar refractivity (Wildman–Crippen MR) is 101 cm³/mol. The van der Waals surface area contributed by atoms with Gasteiger partial charge in [-0.05, 0) is 56.3 Å². The maximum absolute atomic E-state index is 12.7. The van der Waals surface area contributed by atoms with Crippen LogP contribution < -0.4 is 4.74 Å². The van der Waals surface area contributed by atoms with Gasteiger partial charge in [-0.25, -0.2) is 0 Å². The summed E-state index contributed by atoms with van der Waals surface area (Å²) in [6, 6.07) is 12.8. The Bertz CT molecular complexity index is 1060. The molecule has 7 heteroatoms. The largest absolute Gasteiger partial charge is 0.485 e. The van der Waals surface area contributed by atoms with E-state index in [9.17, 15) is 4.79 Å². The molecule has 0 aliphatic heterocycles. The number of ether oxygens (including phenoxy) is 1. The van der Waals surface area contributed by atoms with Gasteiger partial charge in [-0.1, -0.05) is 0 Å².